The number of nitrogens with zero attached hydrogens (tertiary/aromatic N) is 6. The van der Waals surface area contributed by atoms with E-state index in [9.17, 15) is 14.0 Å². The lowest BCUT2D eigenvalue weighted by Crippen LogP contribution is -2.24. The molecular formula is C23H26FN7O4. The molecule has 2 heterocycles. The zero-order valence-electron chi connectivity index (χ0n) is 19.4. The summed E-state index contributed by atoms with van der Waals surface area (Å²) in [7, 11) is 1.38. The molecular weight excluding hydrogens is 457 g/mol. The average molecular weight is 484 g/mol. The van der Waals surface area contributed by atoms with E-state index in [0.717, 1.165) is 12.8 Å². The quantitative estimate of drug-likeness (QED) is 0.493. The predicted octanol–water partition coefficient (Wildman–Crippen LogP) is 2.41. The van der Waals surface area contributed by atoms with Crippen molar-refractivity contribution in [3.8, 4) is 17.3 Å². The van der Waals surface area contributed by atoms with Gasteiger partial charge in [0.15, 0.2) is 11.6 Å². The molecule has 1 aliphatic rings. The van der Waals surface area contributed by atoms with Crippen LogP contribution < -0.4 is 10.1 Å². The lowest BCUT2D eigenvalue weighted by molar-refractivity contribution is -0.143. The third-order valence-electron chi connectivity index (χ3n) is 6.04. The number of tetrazole rings is 1. The molecule has 0 aliphatic heterocycles. The maximum absolute atomic E-state index is 13.6. The molecule has 12 heteroatoms. The number of ether oxygens (including phenoxy) is 1. The maximum atomic E-state index is 13.6. The highest BCUT2D eigenvalue weighted by molar-refractivity contribution is 5.93. The molecule has 1 aromatic carbocycles. The summed E-state index contributed by atoms with van der Waals surface area (Å²) in [6.07, 6.45) is 2.89. The van der Waals surface area contributed by atoms with Crippen molar-refractivity contribution in [1.82, 2.24) is 35.5 Å². The monoisotopic (exact) mass is 483 g/mol. The van der Waals surface area contributed by atoms with Crippen LogP contribution in [-0.2, 0) is 17.9 Å². The molecule has 0 spiro atoms. The minimum Gasteiger partial charge on any atom is -0.494 e. The van der Waals surface area contributed by atoms with Crippen molar-refractivity contribution in [1.29, 1.82) is 0 Å². The molecule has 1 saturated carbocycles. The molecule has 0 unspecified atom stereocenters. The standard InChI is InChI=1S/C23H26FN7O4/c1-13-26-18(21-28-30-31(29-21)12-14-3-6-16(7-4-14)23(33)34)10-19(27-13)22(32)25-11-15-5-8-17(24)20(9-15)35-2/h5,8-10,14,16H,3-4,6-7,11-12H2,1-2H3,(H,25,32)(H,33,34)/t14-,16-. The van der Waals surface area contributed by atoms with Gasteiger partial charge in [-0.1, -0.05) is 6.07 Å². The second kappa shape index (κ2) is 10.5. The molecule has 1 fully saturated rings. The van der Waals surface area contributed by atoms with Crippen LogP contribution in [0.2, 0.25) is 0 Å². The number of methoxy groups -OCH3 is 1. The lowest BCUT2D eigenvalue weighted by Gasteiger charge is -2.25. The first kappa shape index (κ1) is 24.2. The summed E-state index contributed by atoms with van der Waals surface area (Å²) in [6.45, 7) is 2.36. The Bertz CT molecular complexity index is 1220. The Hall–Kier alpha value is -3.96. The van der Waals surface area contributed by atoms with Gasteiger partial charge in [-0.05, 0) is 67.5 Å². The number of carbonyl (C=O) groups excluding carboxylic acids is 1. The molecule has 0 bridgehead atoms. The molecule has 3 aromatic rings. The molecule has 1 aliphatic carbocycles. The summed E-state index contributed by atoms with van der Waals surface area (Å²) in [6, 6.07) is 5.85. The molecule has 1 amide bonds. The van der Waals surface area contributed by atoms with Crippen molar-refractivity contribution in [3.05, 3.63) is 47.2 Å². The molecule has 184 valence electrons. The Morgan fingerprint density at radius 2 is 1.97 bits per heavy atom. The van der Waals surface area contributed by atoms with Gasteiger partial charge in [-0.2, -0.15) is 4.80 Å². The molecule has 0 radical (unpaired) electrons. The number of aliphatic carboxylic acids is 1. The Labute approximate surface area is 200 Å². The van der Waals surface area contributed by atoms with Crippen molar-refractivity contribution < 1.29 is 23.8 Å². The van der Waals surface area contributed by atoms with E-state index >= 15 is 0 Å². The number of amides is 1. The Morgan fingerprint density at radius 1 is 1.20 bits per heavy atom. The van der Waals surface area contributed by atoms with Gasteiger partial charge in [-0.15, -0.1) is 10.2 Å². The van der Waals surface area contributed by atoms with Crippen LogP contribution in [0.1, 0.15) is 47.6 Å². The summed E-state index contributed by atoms with van der Waals surface area (Å²) in [5.74, 6) is -0.890. The minimum atomic E-state index is -0.735. The van der Waals surface area contributed by atoms with Gasteiger partial charge in [0.25, 0.3) is 5.91 Å². The van der Waals surface area contributed by atoms with Crippen LogP contribution in [-0.4, -0.2) is 54.3 Å². The van der Waals surface area contributed by atoms with E-state index in [4.69, 9.17) is 9.84 Å². The van der Waals surface area contributed by atoms with Crippen molar-refractivity contribution in [2.24, 2.45) is 11.8 Å². The number of rotatable bonds is 8. The van der Waals surface area contributed by atoms with Crippen LogP contribution in [0, 0.1) is 24.6 Å². The van der Waals surface area contributed by atoms with Crippen molar-refractivity contribution >= 4 is 11.9 Å². The Kier molecular flexibility index (Phi) is 7.28. The average Bonchev–Trinajstić information content (AvgIpc) is 3.31. The van der Waals surface area contributed by atoms with Crippen LogP contribution in [0.25, 0.3) is 11.5 Å². The van der Waals surface area contributed by atoms with Gasteiger partial charge in [-0.25, -0.2) is 14.4 Å². The number of aryl methyl sites for hydroxylation is 1. The number of nitrogens with one attached hydrogen (secondary N) is 1. The van der Waals surface area contributed by atoms with E-state index in [2.05, 4.69) is 30.7 Å². The van der Waals surface area contributed by atoms with Gasteiger partial charge in [-0.3, -0.25) is 9.59 Å². The van der Waals surface area contributed by atoms with Crippen LogP contribution in [0.3, 0.4) is 0 Å². The van der Waals surface area contributed by atoms with Crippen LogP contribution in [0.5, 0.6) is 5.75 Å². The Morgan fingerprint density at radius 3 is 2.69 bits per heavy atom. The summed E-state index contributed by atoms with van der Waals surface area (Å²) >= 11 is 0. The molecule has 2 N–H and O–H groups in total. The van der Waals surface area contributed by atoms with Crippen molar-refractivity contribution in [2.75, 3.05) is 7.11 Å². The van der Waals surface area contributed by atoms with Gasteiger partial charge >= 0.3 is 5.97 Å². The first-order valence-electron chi connectivity index (χ1n) is 11.3. The largest absolute Gasteiger partial charge is 0.494 e. The third kappa shape index (κ3) is 5.94. The third-order valence-corrected chi connectivity index (χ3v) is 6.04. The summed E-state index contributed by atoms with van der Waals surface area (Å²) in [5.41, 5.74) is 1.18. The minimum absolute atomic E-state index is 0.0982. The highest BCUT2D eigenvalue weighted by Gasteiger charge is 2.26. The van der Waals surface area contributed by atoms with Gasteiger partial charge in [0.05, 0.1) is 19.6 Å². The lowest BCUT2D eigenvalue weighted by atomic mass is 9.82. The normalized spacial score (nSPS) is 17.7. The fraction of sp³-hybridized carbons (Fsp3) is 0.435. The van der Waals surface area contributed by atoms with Crippen molar-refractivity contribution in [3.63, 3.8) is 0 Å². The van der Waals surface area contributed by atoms with Crippen LogP contribution in [0.4, 0.5) is 4.39 Å². The number of carbonyl (C=O) groups is 2. The second-order valence-corrected chi connectivity index (χ2v) is 8.56. The molecule has 4 rings (SSSR count). The SMILES string of the molecule is COc1cc(CNC(=O)c2cc(-c3nnn(C[C@H]4CC[C@H](C(=O)O)CC4)n3)nc(C)n2)ccc1F. The maximum Gasteiger partial charge on any atom is 0.306 e. The van der Waals surface area contributed by atoms with E-state index in [1.807, 2.05) is 0 Å². The molecule has 35 heavy (non-hydrogen) atoms. The zero-order chi connectivity index (χ0) is 24.9. The van der Waals surface area contributed by atoms with Gasteiger partial charge < -0.3 is 15.2 Å². The van der Waals surface area contributed by atoms with Crippen molar-refractivity contribution in [2.45, 2.75) is 45.7 Å². The van der Waals surface area contributed by atoms with Crippen LogP contribution >= 0.6 is 0 Å². The second-order valence-electron chi connectivity index (χ2n) is 8.56. The number of halogens is 1. The fourth-order valence-electron chi connectivity index (χ4n) is 4.13. The van der Waals surface area contributed by atoms with E-state index in [1.165, 1.54) is 30.1 Å². The van der Waals surface area contributed by atoms with Gasteiger partial charge in [0.1, 0.15) is 17.2 Å². The summed E-state index contributed by atoms with van der Waals surface area (Å²) < 4.78 is 18.6. The number of carboxylic acids is 1. The molecule has 0 saturated heterocycles. The van der Waals surface area contributed by atoms with E-state index < -0.39 is 17.7 Å². The van der Waals surface area contributed by atoms with Gasteiger partial charge in [0.2, 0.25) is 5.82 Å². The zero-order valence-corrected chi connectivity index (χ0v) is 19.4. The smallest absolute Gasteiger partial charge is 0.306 e. The van der Waals surface area contributed by atoms with E-state index in [1.54, 1.807) is 13.0 Å². The first-order chi connectivity index (χ1) is 16.8. The topological polar surface area (TPSA) is 145 Å². The molecule has 2 aromatic heterocycles. The predicted molar refractivity (Wildman–Crippen MR) is 121 cm³/mol. The summed E-state index contributed by atoms with van der Waals surface area (Å²) in [5, 5.41) is 24.5. The fourth-order valence-corrected chi connectivity index (χ4v) is 4.13. The Balaban J connectivity index is 1.40. The van der Waals surface area contributed by atoms with E-state index in [-0.39, 0.29) is 35.6 Å². The number of hydrogen-bond acceptors (Lipinski definition) is 8. The van der Waals surface area contributed by atoms with Gasteiger partial charge in [0, 0.05) is 6.54 Å². The number of carboxylic acid groups (broad SMARTS) is 1. The highest BCUT2D eigenvalue weighted by atomic mass is 19.1. The first-order valence-corrected chi connectivity index (χ1v) is 11.3. The number of aromatic nitrogens is 6. The highest BCUT2D eigenvalue weighted by Crippen LogP contribution is 2.29. The molecule has 11 nitrogen and oxygen atoms in total. The van der Waals surface area contributed by atoms with E-state index in [0.29, 0.717) is 36.5 Å². The summed E-state index contributed by atoms with van der Waals surface area (Å²) in [4.78, 5) is 33.9. The molecule has 0 atom stereocenters. The number of benzene rings is 1. The van der Waals surface area contributed by atoms with Crippen LogP contribution in [0.15, 0.2) is 24.3 Å². The number of hydrogen-bond donors (Lipinski definition) is 2.